The molecule has 1 aromatic heterocycles. The molecule has 0 aliphatic rings. The maximum atomic E-state index is 13.9. The molecule has 0 saturated heterocycles. The zero-order valence-corrected chi connectivity index (χ0v) is 17.4. The van der Waals surface area contributed by atoms with Crippen molar-refractivity contribution in [2.24, 2.45) is 0 Å². The maximum absolute atomic E-state index is 13.9. The summed E-state index contributed by atoms with van der Waals surface area (Å²) in [5.74, 6) is -1.76. The Morgan fingerprint density at radius 2 is 1.77 bits per heavy atom. The molecular formula is C20H18FN3O4S2. The lowest BCUT2D eigenvalue weighted by atomic mass is 10.1. The van der Waals surface area contributed by atoms with Crippen molar-refractivity contribution in [3.63, 3.8) is 0 Å². The van der Waals surface area contributed by atoms with E-state index in [9.17, 15) is 22.4 Å². The van der Waals surface area contributed by atoms with E-state index in [0.717, 1.165) is 18.4 Å². The van der Waals surface area contributed by atoms with E-state index in [1.54, 1.807) is 47.8 Å². The third kappa shape index (κ3) is 5.65. The third-order valence-corrected chi connectivity index (χ3v) is 5.40. The molecule has 156 valence electrons. The van der Waals surface area contributed by atoms with E-state index in [4.69, 9.17) is 0 Å². The molecule has 0 bridgehead atoms. The topological polar surface area (TPSA) is 104 Å². The fourth-order valence-corrected chi connectivity index (χ4v) is 3.83. The van der Waals surface area contributed by atoms with Crippen molar-refractivity contribution in [3.8, 4) is 0 Å². The molecule has 0 spiro atoms. The van der Waals surface area contributed by atoms with Crippen LogP contribution in [0.25, 0.3) is 0 Å². The lowest BCUT2D eigenvalue weighted by Crippen LogP contribution is -2.36. The molecule has 1 atom stereocenters. The van der Waals surface area contributed by atoms with Gasteiger partial charge in [0.2, 0.25) is 10.0 Å². The number of hydrogen-bond donors (Lipinski definition) is 3. The number of carbonyl (C=O) groups excluding carboxylic acids is 2. The van der Waals surface area contributed by atoms with Crippen molar-refractivity contribution in [2.45, 2.75) is 6.04 Å². The number of carbonyl (C=O) groups is 2. The van der Waals surface area contributed by atoms with Gasteiger partial charge in [0.15, 0.2) is 0 Å². The summed E-state index contributed by atoms with van der Waals surface area (Å²) in [4.78, 5) is 25.9. The first-order valence-electron chi connectivity index (χ1n) is 8.70. The van der Waals surface area contributed by atoms with Crippen LogP contribution in [0.5, 0.6) is 0 Å². The molecule has 3 N–H and O–H groups in total. The molecule has 0 radical (unpaired) electrons. The van der Waals surface area contributed by atoms with E-state index in [-0.39, 0.29) is 11.4 Å². The predicted octanol–water partition coefficient (Wildman–Crippen LogP) is 3.37. The highest BCUT2D eigenvalue weighted by Crippen LogP contribution is 2.23. The smallest absolute Gasteiger partial charge is 0.262 e. The van der Waals surface area contributed by atoms with Gasteiger partial charge in [0.05, 0.1) is 16.8 Å². The quantitative estimate of drug-likeness (QED) is 0.517. The SMILES string of the molecule is CS(=O)(=O)Nc1cc(NC(=O)C(NC(=O)c2cccs2)c2ccccc2)ccc1F. The van der Waals surface area contributed by atoms with Crippen molar-refractivity contribution in [2.75, 3.05) is 16.3 Å². The van der Waals surface area contributed by atoms with Gasteiger partial charge in [0.25, 0.3) is 11.8 Å². The average molecular weight is 448 g/mol. The molecule has 1 heterocycles. The van der Waals surface area contributed by atoms with Crippen molar-refractivity contribution < 1.29 is 22.4 Å². The van der Waals surface area contributed by atoms with Crippen LogP contribution in [0.1, 0.15) is 21.3 Å². The largest absolute Gasteiger partial charge is 0.336 e. The molecule has 3 rings (SSSR count). The first kappa shape index (κ1) is 21.5. The Hall–Kier alpha value is -3.24. The molecule has 0 saturated carbocycles. The molecule has 30 heavy (non-hydrogen) atoms. The minimum atomic E-state index is -3.70. The average Bonchev–Trinajstić information content (AvgIpc) is 3.23. The second-order valence-corrected chi connectivity index (χ2v) is 9.05. The summed E-state index contributed by atoms with van der Waals surface area (Å²) in [5, 5.41) is 7.04. The van der Waals surface area contributed by atoms with Crippen molar-refractivity contribution in [1.29, 1.82) is 0 Å². The predicted molar refractivity (Wildman–Crippen MR) is 114 cm³/mol. The van der Waals surface area contributed by atoms with Crippen molar-refractivity contribution in [3.05, 3.63) is 82.3 Å². The molecule has 1 unspecified atom stereocenters. The second kappa shape index (κ2) is 9.06. The number of hydrogen-bond acceptors (Lipinski definition) is 5. The van der Waals surface area contributed by atoms with E-state index < -0.39 is 33.7 Å². The minimum absolute atomic E-state index is 0.166. The minimum Gasteiger partial charge on any atom is -0.336 e. The first-order chi connectivity index (χ1) is 14.2. The van der Waals surface area contributed by atoms with Crippen LogP contribution in [-0.2, 0) is 14.8 Å². The van der Waals surface area contributed by atoms with E-state index in [0.29, 0.717) is 10.4 Å². The van der Waals surface area contributed by atoms with E-state index in [2.05, 4.69) is 15.4 Å². The van der Waals surface area contributed by atoms with E-state index in [1.807, 2.05) is 0 Å². The lowest BCUT2D eigenvalue weighted by Gasteiger charge is -2.19. The fraction of sp³-hybridized carbons (Fsp3) is 0.100. The van der Waals surface area contributed by atoms with Crippen LogP contribution in [-0.4, -0.2) is 26.5 Å². The highest BCUT2D eigenvalue weighted by Gasteiger charge is 2.24. The number of benzene rings is 2. The summed E-state index contributed by atoms with van der Waals surface area (Å²) in [6, 6.07) is 14.5. The highest BCUT2D eigenvalue weighted by molar-refractivity contribution is 7.92. The fourth-order valence-electron chi connectivity index (χ4n) is 2.65. The molecule has 7 nitrogen and oxygen atoms in total. The molecule has 3 aromatic rings. The Balaban J connectivity index is 1.85. The Bertz CT molecular complexity index is 1150. The Labute approximate surface area is 177 Å². The number of amides is 2. The van der Waals surface area contributed by atoms with Crippen LogP contribution in [0.15, 0.2) is 66.0 Å². The standard InChI is InChI=1S/C20H18FN3O4S2/c1-30(27,28)24-16-12-14(9-10-15(16)21)22-20(26)18(13-6-3-2-4-7-13)23-19(25)17-8-5-11-29-17/h2-12,18,24H,1H3,(H,22,26)(H,23,25). The molecule has 2 aromatic carbocycles. The molecule has 2 amide bonds. The van der Waals surface area contributed by atoms with Crippen LogP contribution in [0, 0.1) is 5.82 Å². The van der Waals surface area contributed by atoms with Gasteiger partial charge in [0, 0.05) is 5.69 Å². The highest BCUT2D eigenvalue weighted by atomic mass is 32.2. The normalized spacial score (nSPS) is 12.1. The zero-order valence-electron chi connectivity index (χ0n) is 15.8. The first-order valence-corrected chi connectivity index (χ1v) is 11.5. The summed E-state index contributed by atoms with van der Waals surface area (Å²) in [7, 11) is -3.70. The van der Waals surface area contributed by atoms with E-state index in [1.165, 1.54) is 17.4 Å². The summed E-state index contributed by atoms with van der Waals surface area (Å²) >= 11 is 1.24. The Morgan fingerprint density at radius 3 is 2.40 bits per heavy atom. The third-order valence-electron chi connectivity index (χ3n) is 3.94. The monoisotopic (exact) mass is 447 g/mol. The number of halogens is 1. The number of thiophene rings is 1. The number of nitrogens with one attached hydrogen (secondary N) is 3. The van der Waals surface area contributed by atoms with Gasteiger partial charge in [0.1, 0.15) is 11.9 Å². The van der Waals surface area contributed by atoms with Crippen LogP contribution >= 0.6 is 11.3 Å². The Morgan fingerprint density at radius 1 is 1.03 bits per heavy atom. The van der Waals surface area contributed by atoms with Gasteiger partial charge in [-0.2, -0.15) is 0 Å². The van der Waals surface area contributed by atoms with Gasteiger partial charge in [-0.1, -0.05) is 36.4 Å². The zero-order chi connectivity index (χ0) is 21.7. The summed E-state index contributed by atoms with van der Waals surface area (Å²) < 4.78 is 38.8. The summed E-state index contributed by atoms with van der Waals surface area (Å²) in [6.45, 7) is 0. The van der Waals surface area contributed by atoms with Crippen LogP contribution in [0.4, 0.5) is 15.8 Å². The second-order valence-electron chi connectivity index (χ2n) is 6.35. The summed E-state index contributed by atoms with van der Waals surface area (Å²) in [5.41, 5.74) is 0.421. The molecule has 0 fully saturated rings. The molecule has 10 heteroatoms. The maximum Gasteiger partial charge on any atom is 0.262 e. The van der Waals surface area contributed by atoms with Gasteiger partial charge in [-0.3, -0.25) is 14.3 Å². The molecular weight excluding hydrogens is 429 g/mol. The van der Waals surface area contributed by atoms with Gasteiger partial charge in [-0.05, 0) is 35.2 Å². The van der Waals surface area contributed by atoms with Crippen LogP contribution in [0.3, 0.4) is 0 Å². The van der Waals surface area contributed by atoms with Gasteiger partial charge >= 0.3 is 0 Å². The molecule has 0 aliphatic carbocycles. The van der Waals surface area contributed by atoms with Crippen molar-refractivity contribution >= 4 is 44.5 Å². The Kier molecular flexibility index (Phi) is 6.48. The summed E-state index contributed by atoms with van der Waals surface area (Å²) in [6.07, 6.45) is 0.892. The van der Waals surface area contributed by atoms with Gasteiger partial charge in [-0.25, -0.2) is 12.8 Å². The number of rotatable bonds is 7. The lowest BCUT2D eigenvalue weighted by molar-refractivity contribution is -0.118. The van der Waals surface area contributed by atoms with E-state index >= 15 is 0 Å². The number of anilines is 2. The van der Waals surface area contributed by atoms with Gasteiger partial charge < -0.3 is 10.6 Å². The van der Waals surface area contributed by atoms with Crippen LogP contribution in [0.2, 0.25) is 0 Å². The molecule has 0 aliphatic heterocycles. The van der Waals surface area contributed by atoms with Crippen molar-refractivity contribution in [1.82, 2.24) is 5.32 Å². The van der Waals surface area contributed by atoms with Gasteiger partial charge in [-0.15, -0.1) is 11.3 Å². The number of sulfonamides is 1. The van der Waals surface area contributed by atoms with Crippen LogP contribution < -0.4 is 15.4 Å².